The van der Waals surface area contributed by atoms with Gasteiger partial charge in [-0.2, -0.15) is 8.78 Å². The lowest BCUT2D eigenvalue weighted by Gasteiger charge is -2.20. The summed E-state index contributed by atoms with van der Waals surface area (Å²) in [6.45, 7) is 0.231. The van der Waals surface area contributed by atoms with Crippen molar-refractivity contribution in [2.45, 2.75) is 25.7 Å². The van der Waals surface area contributed by atoms with E-state index in [1.807, 2.05) is 0 Å². The highest BCUT2D eigenvalue weighted by Gasteiger charge is 2.43. The number of nitrogens with zero attached hydrogens (tertiary/aromatic N) is 2. The zero-order valence-electron chi connectivity index (χ0n) is 13.7. The molecular formula is C15H17F4N3O4. The SMILES string of the molecule is CC1(C(=O)O)CCN(C(=O)Nc2ccnc(OCC(F)(F)C(F)F)c2)C1. The van der Waals surface area contributed by atoms with Crippen molar-refractivity contribution < 1.29 is 37.0 Å². The molecule has 1 saturated heterocycles. The van der Waals surface area contributed by atoms with Crippen LogP contribution >= 0.6 is 0 Å². The van der Waals surface area contributed by atoms with Crippen LogP contribution in [-0.2, 0) is 4.79 Å². The third kappa shape index (κ3) is 4.52. The number of hydrogen-bond donors (Lipinski definition) is 2. The van der Waals surface area contributed by atoms with Crippen molar-refractivity contribution in [3.05, 3.63) is 18.3 Å². The van der Waals surface area contributed by atoms with Crippen LogP contribution in [0.1, 0.15) is 13.3 Å². The van der Waals surface area contributed by atoms with E-state index in [2.05, 4.69) is 15.0 Å². The highest BCUT2D eigenvalue weighted by Crippen LogP contribution is 2.30. The summed E-state index contributed by atoms with van der Waals surface area (Å²) < 4.78 is 54.5. The Bertz CT molecular complexity index is 689. The predicted molar refractivity (Wildman–Crippen MR) is 81.6 cm³/mol. The summed E-state index contributed by atoms with van der Waals surface area (Å²) >= 11 is 0. The van der Waals surface area contributed by atoms with Crippen molar-refractivity contribution in [2.75, 3.05) is 25.0 Å². The van der Waals surface area contributed by atoms with E-state index in [4.69, 9.17) is 5.11 Å². The van der Waals surface area contributed by atoms with Crippen LogP contribution in [-0.4, -0.2) is 59.0 Å². The molecule has 1 fully saturated rings. The number of ether oxygens (including phenoxy) is 1. The van der Waals surface area contributed by atoms with Crippen LogP contribution in [0.3, 0.4) is 0 Å². The fourth-order valence-electron chi connectivity index (χ4n) is 2.31. The van der Waals surface area contributed by atoms with E-state index in [0.717, 1.165) is 12.3 Å². The second-order valence-corrected chi connectivity index (χ2v) is 6.20. The second-order valence-electron chi connectivity index (χ2n) is 6.20. The Balaban J connectivity index is 1.96. The molecular weight excluding hydrogens is 362 g/mol. The van der Waals surface area contributed by atoms with Gasteiger partial charge in [-0.25, -0.2) is 18.6 Å². The summed E-state index contributed by atoms with van der Waals surface area (Å²) in [4.78, 5) is 28.3. The molecule has 2 N–H and O–H groups in total. The fraction of sp³-hybridized carbons (Fsp3) is 0.533. The van der Waals surface area contributed by atoms with E-state index >= 15 is 0 Å². The van der Waals surface area contributed by atoms with Crippen molar-refractivity contribution in [1.82, 2.24) is 9.88 Å². The minimum atomic E-state index is -4.32. The maximum absolute atomic E-state index is 12.9. The number of pyridine rings is 1. The normalized spacial score (nSPS) is 20.3. The largest absolute Gasteiger partial charge is 0.481 e. The number of carboxylic acid groups (broad SMARTS) is 1. The van der Waals surface area contributed by atoms with Gasteiger partial charge in [0.2, 0.25) is 5.88 Å². The van der Waals surface area contributed by atoms with Gasteiger partial charge in [0, 0.05) is 31.0 Å². The van der Waals surface area contributed by atoms with Gasteiger partial charge in [-0.15, -0.1) is 0 Å². The smallest absolute Gasteiger partial charge is 0.340 e. The number of carbonyl (C=O) groups is 2. The molecule has 7 nitrogen and oxygen atoms in total. The summed E-state index contributed by atoms with van der Waals surface area (Å²) in [6, 6.07) is 1.87. The zero-order chi connectivity index (χ0) is 19.5. The van der Waals surface area contributed by atoms with Crippen LogP contribution in [0.5, 0.6) is 5.88 Å². The van der Waals surface area contributed by atoms with Gasteiger partial charge in [-0.3, -0.25) is 4.79 Å². The van der Waals surface area contributed by atoms with Crippen molar-refractivity contribution in [1.29, 1.82) is 0 Å². The molecule has 2 amide bonds. The molecule has 1 unspecified atom stereocenters. The number of nitrogens with one attached hydrogen (secondary N) is 1. The number of hydrogen-bond acceptors (Lipinski definition) is 4. The zero-order valence-corrected chi connectivity index (χ0v) is 13.7. The summed E-state index contributed by atoms with van der Waals surface area (Å²) in [5.41, 5.74) is -0.894. The minimum Gasteiger partial charge on any atom is -0.481 e. The highest BCUT2D eigenvalue weighted by atomic mass is 19.3. The first-order valence-electron chi connectivity index (χ1n) is 7.58. The summed E-state index contributed by atoms with van der Waals surface area (Å²) in [5, 5.41) is 11.6. The minimum absolute atomic E-state index is 0.0171. The van der Waals surface area contributed by atoms with E-state index in [1.54, 1.807) is 0 Å². The first kappa shape index (κ1) is 19.7. The molecule has 0 bridgehead atoms. The molecule has 2 heterocycles. The van der Waals surface area contributed by atoms with E-state index in [9.17, 15) is 27.2 Å². The number of anilines is 1. The molecule has 26 heavy (non-hydrogen) atoms. The first-order chi connectivity index (χ1) is 12.0. The molecule has 2 rings (SSSR count). The monoisotopic (exact) mass is 379 g/mol. The van der Waals surface area contributed by atoms with E-state index in [1.165, 1.54) is 17.9 Å². The van der Waals surface area contributed by atoms with Crippen LogP contribution in [0.25, 0.3) is 0 Å². The lowest BCUT2D eigenvalue weighted by molar-refractivity contribution is -0.148. The number of rotatable bonds is 6. The highest BCUT2D eigenvalue weighted by molar-refractivity contribution is 5.90. The number of carboxylic acids is 1. The Labute approximate surface area is 145 Å². The number of halogens is 4. The van der Waals surface area contributed by atoms with Crippen molar-refractivity contribution in [3.8, 4) is 5.88 Å². The molecule has 1 aliphatic rings. The van der Waals surface area contributed by atoms with Gasteiger partial charge in [-0.1, -0.05) is 0 Å². The molecule has 144 valence electrons. The molecule has 0 spiro atoms. The van der Waals surface area contributed by atoms with Crippen LogP contribution in [0, 0.1) is 5.41 Å². The molecule has 0 saturated carbocycles. The molecule has 0 aromatic carbocycles. The lowest BCUT2D eigenvalue weighted by atomic mass is 9.90. The van der Waals surface area contributed by atoms with Gasteiger partial charge in [0.05, 0.1) is 5.41 Å². The van der Waals surface area contributed by atoms with Gasteiger partial charge < -0.3 is 20.1 Å². The Hall–Kier alpha value is -2.59. The number of urea groups is 1. The number of aliphatic carboxylic acids is 1. The Morgan fingerprint density at radius 3 is 2.77 bits per heavy atom. The summed E-state index contributed by atoms with van der Waals surface area (Å²) in [7, 11) is 0. The van der Waals surface area contributed by atoms with E-state index in [0.29, 0.717) is 6.42 Å². The molecule has 1 aliphatic heterocycles. The summed E-state index contributed by atoms with van der Waals surface area (Å²) in [6.07, 6.45) is -2.43. The maximum atomic E-state index is 12.9. The third-order valence-electron chi connectivity index (χ3n) is 3.99. The quantitative estimate of drug-likeness (QED) is 0.742. The van der Waals surface area contributed by atoms with Gasteiger partial charge in [0.1, 0.15) is 0 Å². The van der Waals surface area contributed by atoms with Crippen LogP contribution in [0.15, 0.2) is 18.3 Å². The number of alkyl halides is 4. The Morgan fingerprint density at radius 2 is 2.19 bits per heavy atom. The van der Waals surface area contributed by atoms with Crippen molar-refractivity contribution in [2.24, 2.45) is 5.41 Å². The van der Waals surface area contributed by atoms with Gasteiger partial charge in [0.15, 0.2) is 6.61 Å². The third-order valence-corrected chi connectivity index (χ3v) is 3.99. The average molecular weight is 379 g/mol. The number of aromatic nitrogens is 1. The van der Waals surface area contributed by atoms with E-state index < -0.39 is 36.4 Å². The Kier molecular flexibility index (Phi) is 5.57. The molecule has 1 aromatic rings. The second kappa shape index (κ2) is 7.34. The van der Waals surface area contributed by atoms with Crippen molar-refractivity contribution in [3.63, 3.8) is 0 Å². The van der Waals surface area contributed by atoms with Gasteiger partial charge in [-0.05, 0) is 19.4 Å². The maximum Gasteiger partial charge on any atom is 0.340 e. The fourth-order valence-corrected chi connectivity index (χ4v) is 2.31. The summed E-state index contributed by atoms with van der Waals surface area (Å²) in [5.74, 6) is -5.69. The van der Waals surface area contributed by atoms with Crippen LogP contribution in [0.4, 0.5) is 28.0 Å². The number of carbonyl (C=O) groups excluding carboxylic acids is 1. The molecule has 11 heteroatoms. The lowest BCUT2D eigenvalue weighted by Crippen LogP contribution is -2.37. The van der Waals surface area contributed by atoms with Gasteiger partial charge >= 0.3 is 24.3 Å². The standard InChI is InChI=1S/C15H17F4N3O4/c1-14(12(23)24)3-5-22(7-14)13(25)21-9-2-4-20-10(6-9)26-8-15(18,19)11(16)17/h2,4,6,11H,3,5,7-8H2,1H3,(H,23,24)(H,20,21,25). The van der Waals surface area contributed by atoms with E-state index in [-0.39, 0.29) is 24.7 Å². The molecule has 0 radical (unpaired) electrons. The topological polar surface area (TPSA) is 91.8 Å². The van der Waals surface area contributed by atoms with Gasteiger partial charge in [0.25, 0.3) is 0 Å². The number of amides is 2. The van der Waals surface area contributed by atoms with Crippen LogP contribution in [0.2, 0.25) is 0 Å². The Morgan fingerprint density at radius 1 is 1.50 bits per heavy atom. The van der Waals surface area contributed by atoms with Crippen molar-refractivity contribution >= 4 is 17.7 Å². The molecule has 0 aliphatic carbocycles. The number of likely N-dealkylation sites (tertiary alicyclic amines) is 1. The predicted octanol–water partition coefficient (Wildman–Crippen LogP) is 2.69. The molecule has 1 atom stereocenters. The average Bonchev–Trinajstić information content (AvgIpc) is 2.97. The first-order valence-corrected chi connectivity index (χ1v) is 7.58. The molecule has 1 aromatic heterocycles. The van der Waals surface area contributed by atoms with Crippen LogP contribution < -0.4 is 10.1 Å².